The molecule has 10 heteroatoms. The van der Waals surface area contributed by atoms with Crippen molar-refractivity contribution in [3.8, 4) is 21.8 Å². The summed E-state index contributed by atoms with van der Waals surface area (Å²) in [6.07, 6.45) is 0.853. The molecule has 35 heavy (non-hydrogen) atoms. The average molecular weight is 503 g/mol. The number of anilines is 2. The van der Waals surface area contributed by atoms with E-state index in [1.807, 2.05) is 30.3 Å². The SMILES string of the molecule is CCc1nnc(-c2cc(-c3nnc(Nc4ccc(S(N)(=O)=O)cc4)c4ccccc34)ccc2C)s1. The highest BCUT2D eigenvalue weighted by Crippen LogP contribution is 2.35. The first-order chi connectivity index (χ1) is 16.8. The lowest BCUT2D eigenvalue weighted by atomic mass is 10.00. The van der Waals surface area contributed by atoms with Crippen molar-refractivity contribution in [3.05, 3.63) is 77.3 Å². The molecule has 0 aliphatic rings. The van der Waals surface area contributed by atoms with E-state index < -0.39 is 10.0 Å². The zero-order valence-corrected chi connectivity index (χ0v) is 20.7. The van der Waals surface area contributed by atoms with Crippen LogP contribution in [-0.2, 0) is 16.4 Å². The molecule has 0 radical (unpaired) electrons. The molecule has 0 aliphatic carbocycles. The van der Waals surface area contributed by atoms with Crippen LogP contribution in [0.5, 0.6) is 0 Å². The first-order valence-corrected chi connectivity index (χ1v) is 13.3. The second kappa shape index (κ2) is 9.14. The van der Waals surface area contributed by atoms with Crippen LogP contribution in [0.3, 0.4) is 0 Å². The fourth-order valence-corrected chi connectivity index (χ4v) is 5.16. The minimum atomic E-state index is -3.75. The van der Waals surface area contributed by atoms with Crippen molar-refractivity contribution in [2.45, 2.75) is 25.2 Å². The second-order valence-corrected chi connectivity index (χ2v) is 10.6. The number of hydrogen-bond acceptors (Lipinski definition) is 8. The average Bonchev–Trinajstić information content (AvgIpc) is 3.34. The summed E-state index contributed by atoms with van der Waals surface area (Å²) in [5, 5.41) is 29.8. The van der Waals surface area contributed by atoms with Crippen LogP contribution < -0.4 is 10.5 Å². The molecule has 2 aromatic heterocycles. The van der Waals surface area contributed by atoms with E-state index >= 15 is 0 Å². The molecular weight excluding hydrogens is 480 g/mol. The fraction of sp³-hybridized carbons (Fsp3) is 0.120. The second-order valence-electron chi connectivity index (χ2n) is 8.02. The van der Waals surface area contributed by atoms with Crippen LogP contribution in [0.4, 0.5) is 11.5 Å². The summed E-state index contributed by atoms with van der Waals surface area (Å²) in [4.78, 5) is 0.0472. The lowest BCUT2D eigenvalue weighted by Crippen LogP contribution is -2.11. The number of aromatic nitrogens is 4. The van der Waals surface area contributed by atoms with E-state index in [1.165, 1.54) is 12.1 Å². The Hall–Kier alpha value is -3.73. The fourth-order valence-electron chi connectivity index (χ4n) is 3.78. The van der Waals surface area contributed by atoms with Gasteiger partial charge in [0.2, 0.25) is 10.0 Å². The van der Waals surface area contributed by atoms with Crippen molar-refractivity contribution >= 4 is 43.6 Å². The molecule has 0 fully saturated rings. The van der Waals surface area contributed by atoms with E-state index in [1.54, 1.807) is 23.5 Å². The van der Waals surface area contributed by atoms with E-state index in [0.29, 0.717) is 11.5 Å². The molecule has 0 saturated carbocycles. The molecular formula is C25H22N6O2S2. The van der Waals surface area contributed by atoms with E-state index in [9.17, 15) is 8.42 Å². The summed E-state index contributed by atoms with van der Waals surface area (Å²) in [6, 6.07) is 20.3. The molecule has 0 amide bonds. The third-order valence-corrected chi connectivity index (χ3v) is 7.67. The lowest BCUT2D eigenvalue weighted by Gasteiger charge is -2.12. The zero-order chi connectivity index (χ0) is 24.6. The maximum atomic E-state index is 11.5. The van der Waals surface area contributed by atoms with E-state index in [0.717, 1.165) is 49.6 Å². The Morgan fingerprint density at radius 2 is 1.66 bits per heavy atom. The number of fused-ring (bicyclic) bond motifs is 1. The van der Waals surface area contributed by atoms with Crippen LogP contribution in [0.1, 0.15) is 17.5 Å². The van der Waals surface area contributed by atoms with Crippen LogP contribution in [0.2, 0.25) is 0 Å². The van der Waals surface area contributed by atoms with Gasteiger partial charge in [0.15, 0.2) is 5.82 Å². The Kier molecular flexibility index (Phi) is 6.01. The summed E-state index contributed by atoms with van der Waals surface area (Å²) in [5.41, 5.74) is 4.52. The van der Waals surface area contributed by atoms with Gasteiger partial charge in [0.1, 0.15) is 15.7 Å². The third kappa shape index (κ3) is 4.63. The third-order valence-electron chi connectivity index (χ3n) is 5.64. The van der Waals surface area contributed by atoms with E-state index in [-0.39, 0.29) is 4.90 Å². The summed E-state index contributed by atoms with van der Waals surface area (Å²) in [7, 11) is -3.75. The van der Waals surface area contributed by atoms with Gasteiger partial charge in [0, 0.05) is 27.6 Å². The van der Waals surface area contributed by atoms with Gasteiger partial charge >= 0.3 is 0 Å². The Bertz CT molecular complexity index is 1650. The molecule has 3 N–H and O–H groups in total. The zero-order valence-electron chi connectivity index (χ0n) is 19.1. The minimum Gasteiger partial charge on any atom is -0.338 e. The van der Waals surface area contributed by atoms with Crippen LogP contribution in [0.25, 0.3) is 32.6 Å². The number of primary sulfonamides is 1. The Morgan fingerprint density at radius 3 is 2.34 bits per heavy atom. The van der Waals surface area contributed by atoms with Gasteiger partial charge in [-0.3, -0.25) is 0 Å². The predicted octanol–water partition coefficient (Wildman–Crippen LogP) is 5.08. The van der Waals surface area contributed by atoms with Crippen molar-refractivity contribution in [1.82, 2.24) is 20.4 Å². The number of rotatable bonds is 6. The minimum absolute atomic E-state index is 0.0472. The van der Waals surface area contributed by atoms with Gasteiger partial charge in [-0.15, -0.1) is 20.4 Å². The van der Waals surface area contributed by atoms with Crippen molar-refractivity contribution in [2.75, 3.05) is 5.32 Å². The number of hydrogen-bond donors (Lipinski definition) is 2. The maximum absolute atomic E-state index is 11.5. The molecule has 176 valence electrons. The molecule has 0 spiro atoms. The van der Waals surface area contributed by atoms with Crippen LogP contribution in [0.15, 0.2) is 71.6 Å². The van der Waals surface area contributed by atoms with Gasteiger partial charge in [-0.1, -0.05) is 54.7 Å². The number of nitrogens with two attached hydrogens (primary N) is 1. The van der Waals surface area contributed by atoms with Crippen LogP contribution in [-0.4, -0.2) is 28.8 Å². The topological polar surface area (TPSA) is 124 Å². The smallest absolute Gasteiger partial charge is 0.238 e. The van der Waals surface area contributed by atoms with Crippen molar-refractivity contribution in [1.29, 1.82) is 0 Å². The molecule has 0 saturated heterocycles. The van der Waals surface area contributed by atoms with Gasteiger partial charge in [-0.05, 0) is 49.2 Å². The quantitative estimate of drug-likeness (QED) is 0.332. The van der Waals surface area contributed by atoms with Gasteiger partial charge in [0.25, 0.3) is 0 Å². The molecule has 0 atom stereocenters. The highest BCUT2D eigenvalue weighted by Gasteiger charge is 2.15. The normalized spacial score (nSPS) is 11.6. The molecule has 2 heterocycles. The van der Waals surface area contributed by atoms with Gasteiger partial charge in [-0.25, -0.2) is 13.6 Å². The first-order valence-electron chi connectivity index (χ1n) is 10.9. The highest BCUT2D eigenvalue weighted by molar-refractivity contribution is 7.89. The number of nitrogens with one attached hydrogen (secondary N) is 1. The summed E-state index contributed by atoms with van der Waals surface area (Å²) >= 11 is 1.60. The van der Waals surface area contributed by atoms with Gasteiger partial charge < -0.3 is 5.32 Å². The van der Waals surface area contributed by atoms with Crippen molar-refractivity contribution in [2.24, 2.45) is 5.14 Å². The standard InChI is InChI=1S/C25H22N6O2S2/c1-3-22-28-31-25(34-22)21-14-16(9-8-15(21)2)23-19-6-4-5-7-20(19)24(30-29-23)27-17-10-12-18(13-11-17)35(26,32)33/h4-14H,3H2,1-2H3,(H,27,30)(H2,26,32,33). The van der Waals surface area contributed by atoms with Gasteiger partial charge in [-0.2, -0.15) is 0 Å². The molecule has 0 bridgehead atoms. The van der Waals surface area contributed by atoms with Crippen LogP contribution >= 0.6 is 11.3 Å². The summed E-state index contributed by atoms with van der Waals surface area (Å²) < 4.78 is 23.1. The summed E-state index contributed by atoms with van der Waals surface area (Å²) in [5.74, 6) is 0.566. The molecule has 5 rings (SSSR count). The number of nitrogens with zero attached hydrogens (tertiary/aromatic N) is 4. The lowest BCUT2D eigenvalue weighted by molar-refractivity contribution is 0.598. The Labute approximate surface area is 206 Å². The Balaban J connectivity index is 1.55. The highest BCUT2D eigenvalue weighted by atomic mass is 32.2. The number of benzene rings is 3. The number of aryl methyl sites for hydroxylation is 2. The molecule has 0 unspecified atom stereocenters. The largest absolute Gasteiger partial charge is 0.338 e. The van der Waals surface area contributed by atoms with Crippen LogP contribution in [0, 0.1) is 6.92 Å². The Morgan fingerprint density at radius 1 is 0.914 bits per heavy atom. The van der Waals surface area contributed by atoms with Crippen molar-refractivity contribution < 1.29 is 8.42 Å². The molecule has 0 aliphatic heterocycles. The van der Waals surface area contributed by atoms with E-state index in [2.05, 4.69) is 51.7 Å². The number of sulfonamides is 1. The molecule has 3 aromatic carbocycles. The first kappa shape index (κ1) is 23.0. The predicted molar refractivity (Wildman–Crippen MR) is 139 cm³/mol. The van der Waals surface area contributed by atoms with Gasteiger partial charge in [0.05, 0.1) is 4.90 Å². The van der Waals surface area contributed by atoms with Crippen molar-refractivity contribution in [3.63, 3.8) is 0 Å². The molecule has 8 nitrogen and oxygen atoms in total. The molecule has 5 aromatic rings. The maximum Gasteiger partial charge on any atom is 0.238 e. The summed E-state index contributed by atoms with van der Waals surface area (Å²) in [6.45, 7) is 4.13. The van der Waals surface area contributed by atoms with E-state index in [4.69, 9.17) is 5.14 Å². The monoisotopic (exact) mass is 502 g/mol.